The van der Waals surface area contributed by atoms with Gasteiger partial charge in [-0.2, -0.15) is 27.1 Å². The molecule has 0 bridgehead atoms. The Morgan fingerprint density at radius 1 is 1.17 bits per heavy atom. The van der Waals surface area contributed by atoms with Crippen molar-refractivity contribution < 1.29 is 46.2 Å². The second-order valence-corrected chi connectivity index (χ2v) is 10.4. The van der Waals surface area contributed by atoms with E-state index in [1.54, 1.807) is 6.92 Å². The first-order valence-corrected chi connectivity index (χ1v) is 13.0. The van der Waals surface area contributed by atoms with E-state index in [0.717, 1.165) is 10.7 Å². The number of amides is 2. The molecule has 0 aliphatic carbocycles. The standard InChI is InChI=1S/C27H22ClF5N4O5/c1-13-8-20-17(11-36(13)23(38)15-4-7-19(28)18(9-15)27(31,32)33)22-24(39)35(12-21(25(40)41)37(22)34-20)10-14-2-5-16(6-3-14)42-26(29)30/h2-7,9,13,21,26H,8,10-12H2,1H3,(H,40,41)/t13-,21+/m1/s1. The number of carbonyl (C=O) groups excluding carboxylic acids is 2. The van der Waals surface area contributed by atoms with Crippen molar-refractivity contribution in [1.82, 2.24) is 19.6 Å². The second-order valence-electron chi connectivity index (χ2n) is 9.96. The molecule has 15 heteroatoms. The van der Waals surface area contributed by atoms with Crippen molar-refractivity contribution in [2.75, 3.05) is 6.54 Å². The molecule has 2 aliphatic heterocycles. The number of hydrogen-bond acceptors (Lipinski definition) is 5. The topological polar surface area (TPSA) is 105 Å². The lowest BCUT2D eigenvalue weighted by atomic mass is 9.97. The largest absolute Gasteiger partial charge is 0.480 e. The molecule has 0 saturated carbocycles. The molecular weight excluding hydrogens is 591 g/mol. The smallest absolute Gasteiger partial charge is 0.417 e. The van der Waals surface area contributed by atoms with Gasteiger partial charge in [-0.3, -0.25) is 9.59 Å². The number of carboxylic acids is 1. The molecular formula is C27H22ClF5N4O5. The highest BCUT2D eigenvalue weighted by atomic mass is 35.5. The summed E-state index contributed by atoms with van der Waals surface area (Å²) in [6.45, 7) is -1.82. The Balaban J connectivity index is 1.45. The number of ether oxygens (including phenoxy) is 1. The maximum Gasteiger partial charge on any atom is 0.417 e. The van der Waals surface area contributed by atoms with Gasteiger partial charge in [-0.25, -0.2) is 9.48 Å². The van der Waals surface area contributed by atoms with Crippen molar-refractivity contribution in [3.63, 3.8) is 0 Å². The summed E-state index contributed by atoms with van der Waals surface area (Å²) in [6.07, 6.45) is -4.65. The molecule has 3 heterocycles. The van der Waals surface area contributed by atoms with Crippen LogP contribution in [0.2, 0.25) is 5.02 Å². The summed E-state index contributed by atoms with van der Waals surface area (Å²) in [5, 5.41) is 13.8. The van der Waals surface area contributed by atoms with Crippen LogP contribution in [0.4, 0.5) is 22.0 Å². The second kappa shape index (κ2) is 10.9. The average Bonchev–Trinajstić information content (AvgIpc) is 3.28. The number of carboxylic acid groups (broad SMARTS) is 1. The molecule has 0 unspecified atom stereocenters. The molecule has 2 aliphatic rings. The lowest BCUT2D eigenvalue weighted by Crippen LogP contribution is -2.46. The number of hydrogen-bond donors (Lipinski definition) is 1. The van der Waals surface area contributed by atoms with Gasteiger partial charge in [0.05, 0.1) is 29.4 Å². The lowest BCUT2D eigenvalue weighted by Gasteiger charge is -2.35. The van der Waals surface area contributed by atoms with Gasteiger partial charge in [0, 0.05) is 30.1 Å². The zero-order valence-corrected chi connectivity index (χ0v) is 22.5. The van der Waals surface area contributed by atoms with E-state index in [4.69, 9.17) is 11.6 Å². The Morgan fingerprint density at radius 2 is 1.86 bits per heavy atom. The highest BCUT2D eigenvalue weighted by Crippen LogP contribution is 2.37. The number of benzene rings is 2. The minimum atomic E-state index is -4.78. The van der Waals surface area contributed by atoms with Gasteiger partial charge in [0.25, 0.3) is 11.8 Å². The summed E-state index contributed by atoms with van der Waals surface area (Å²) >= 11 is 5.70. The molecule has 0 radical (unpaired) electrons. The fourth-order valence-corrected chi connectivity index (χ4v) is 5.39. The number of nitrogens with zero attached hydrogens (tertiary/aromatic N) is 4. The Labute approximate surface area is 240 Å². The van der Waals surface area contributed by atoms with Crippen LogP contribution in [0.15, 0.2) is 42.5 Å². The van der Waals surface area contributed by atoms with Crippen LogP contribution in [-0.2, 0) is 30.5 Å². The Kier molecular flexibility index (Phi) is 7.60. The molecule has 2 atom stereocenters. The zero-order chi connectivity index (χ0) is 30.5. The van der Waals surface area contributed by atoms with Gasteiger partial charge in [-0.05, 0) is 42.8 Å². The van der Waals surface area contributed by atoms with E-state index in [1.807, 2.05) is 0 Å². The predicted octanol–water partition coefficient (Wildman–Crippen LogP) is 5.03. The molecule has 0 fully saturated rings. The van der Waals surface area contributed by atoms with Crippen molar-refractivity contribution in [1.29, 1.82) is 0 Å². The molecule has 0 spiro atoms. The van der Waals surface area contributed by atoms with Crippen LogP contribution < -0.4 is 4.74 Å². The fraction of sp³-hybridized carbons (Fsp3) is 0.333. The van der Waals surface area contributed by atoms with Crippen LogP contribution in [0, 0.1) is 0 Å². The van der Waals surface area contributed by atoms with Gasteiger partial charge >= 0.3 is 18.8 Å². The van der Waals surface area contributed by atoms with E-state index < -0.39 is 53.2 Å². The van der Waals surface area contributed by atoms with Crippen molar-refractivity contribution in [3.05, 3.63) is 81.1 Å². The summed E-state index contributed by atoms with van der Waals surface area (Å²) in [4.78, 5) is 41.8. The van der Waals surface area contributed by atoms with Crippen molar-refractivity contribution in [3.8, 4) is 5.75 Å². The van der Waals surface area contributed by atoms with E-state index in [9.17, 15) is 41.4 Å². The Bertz CT molecular complexity index is 1560. The number of rotatable bonds is 6. The van der Waals surface area contributed by atoms with Gasteiger partial charge < -0.3 is 19.6 Å². The number of carbonyl (C=O) groups is 3. The Morgan fingerprint density at radius 3 is 2.48 bits per heavy atom. The molecule has 0 saturated heterocycles. The van der Waals surface area contributed by atoms with E-state index in [2.05, 4.69) is 9.84 Å². The molecule has 222 valence electrons. The zero-order valence-electron chi connectivity index (χ0n) is 21.7. The molecule has 42 heavy (non-hydrogen) atoms. The third kappa shape index (κ3) is 5.50. The van der Waals surface area contributed by atoms with Gasteiger partial charge in [-0.15, -0.1) is 0 Å². The number of aromatic nitrogens is 2. The third-order valence-corrected chi connectivity index (χ3v) is 7.54. The first kappa shape index (κ1) is 29.3. The molecule has 2 aromatic carbocycles. The summed E-state index contributed by atoms with van der Waals surface area (Å²) < 4.78 is 70.7. The molecule has 9 nitrogen and oxygen atoms in total. The van der Waals surface area contributed by atoms with E-state index in [-0.39, 0.29) is 43.1 Å². The van der Waals surface area contributed by atoms with Gasteiger partial charge in [0.1, 0.15) is 11.4 Å². The van der Waals surface area contributed by atoms with Crippen LogP contribution in [0.1, 0.15) is 56.2 Å². The lowest BCUT2D eigenvalue weighted by molar-refractivity contribution is -0.142. The summed E-state index contributed by atoms with van der Waals surface area (Å²) in [5.41, 5.74) is -0.231. The van der Waals surface area contributed by atoms with Crippen molar-refractivity contribution >= 4 is 29.4 Å². The van der Waals surface area contributed by atoms with Gasteiger partial charge in [-0.1, -0.05) is 23.7 Å². The van der Waals surface area contributed by atoms with Crippen molar-refractivity contribution in [2.24, 2.45) is 0 Å². The first-order chi connectivity index (χ1) is 19.7. The first-order valence-electron chi connectivity index (χ1n) is 12.6. The van der Waals surface area contributed by atoms with Crippen LogP contribution >= 0.6 is 11.6 Å². The van der Waals surface area contributed by atoms with Crippen LogP contribution in [0.5, 0.6) is 5.75 Å². The summed E-state index contributed by atoms with van der Waals surface area (Å²) in [5.74, 6) is -2.63. The SMILES string of the molecule is C[C@@H]1Cc2nn3c(c2CN1C(=O)c1ccc(Cl)c(C(F)(F)F)c1)C(=O)N(Cc1ccc(OC(F)F)cc1)C[C@H]3C(=O)O. The molecule has 2 amide bonds. The van der Waals surface area contributed by atoms with Gasteiger partial charge in [0.2, 0.25) is 0 Å². The number of alkyl halides is 5. The minimum absolute atomic E-state index is 0.0434. The summed E-state index contributed by atoms with van der Waals surface area (Å²) in [7, 11) is 0. The van der Waals surface area contributed by atoms with Crippen LogP contribution in [-0.4, -0.2) is 61.7 Å². The normalized spacial score (nSPS) is 18.6. The highest BCUT2D eigenvalue weighted by Gasteiger charge is 2.43. The molecule has 1 N–H and O–H groups in total. The molecule has 1 aromatic heterocycles. The number of aliphatic carboxylic acids is 1. The van der Waals surface area contributed by atoms with Crippen molar-refractivity contribution in [2.45, 2.75) is 51.3 Å². The monoisotopic (exact) mass is 612 g/mol. The average molecular weight is 613 g/mol. The highest BCUT2D eigenvalue weighted by molar-refractivity contribution is 6.31. The predicted molar refractivity (Wildman–Crippen MR) is 136 cm³/mol. The van der Waals surface area contributed by atoms with Gasteiger partial charge in [0.15, 0.2) is 6.04 Å². The van der Waals surface area contributed by atoms with Crippen LogP contribution in [0.3, 0.4) is 0 Å². The molecule has 3 aromatic rings. The Hall–Kier alpha value is -4.20. The van der Waals surface area contributed by atoms with E-state index in [0.29, 0.717) is 22.9 Å². The maximum atomic E-state index is 13.7. The van der Waals surface area contributed by atoms with Crippen LogP contribution in [0.25, 0.3) is 0 Å². The quantitative estimate of drug-likeness (QED) is 0.392. The fourth-order valence-electron chi connectivity index (χ4n) is 5.16. The molecule has 5 rings (SSSR count). The summed E-state index contributed by atoms with van der Waals surface area (Å²) in [6, 6.07) is 6.57. The third-order valence-electron chi connectivity index (χ3n) is 7.21. The number of halogens is 6. The van der Waals surface area contributed by atoms with E-state index in [1.165, 1.54) is 40.1 Å². The van der Waals surface area contributed by atoms with E-state index >= 15 is 0 Å². The number of fused-ring (bicyclic) bond motifs is 3. The minimum Gasteiger partial charge on any atom is -0.480 e. The maximum absolute atomic E-state index is 13.7.